The quantitative estimate of drug-likeness (QED) is 0.880. The molecule has 24 heavy (non-hydrogen) atoms. The molecule has 0 spiro atoms. The van der Waals surface area contributed by atoms with Crippen LogP contribution in [0.4, 0.5) is 0 Å². The Morgan fingerprint density at radius 2 is 1.96 bits per heavy atom. The van der Waals surface area contributed by atoms with E-state index in [0.29, 0.717) is 6.54 Å². The van der Waals surface area contributed by atoms with Crippen LogP contribution in [0.25, 0.3) is 0 Å². The van der Waals surface area contributed by atoms with E-state index >= 15 is 0 Å². The highest BCUT2D eigenvalue weighted by Gasteiger charge is 2.29. The zero-order valence-electron chi connectivity index (χ0n) is 14.7. The minimum Gasteiger partial charge on any atom is -0.298 e. The van der Waals surface area contributed by atoms with E-state index in [4.69, 9.17) is 0 Å². The molecule has 0 amide bonds. The summed E-state index contributed by atoms with van der Waals surface area (Å²) < 4.78 is 27.9. The Bertz CT molecular complexity index is 671. The fourth-order valence-electron chi connectivity index (χ4n) is 3.86. The first kappa shape index (κ1) is 17.8. The van der Waals surface area contributed by atoms with Gasteiger partial charge in [-0.1, -0.05) is 19.3 Å². The highest BCUT2D eigenvalue weighted by molar-refractivity contribution is 7.90. The summed E-state index contributed by atoms with van der Waals surface area (Å²) in [5.41, 5.74) is 1.88. The van der Waals surface area contributed by atoms with Crippen molar-refractivity contribution in [3.8, 4) is 0 Å². The maximum Gasteiger partial charge on any atom is 0.214 e. The second-order valence-electron chi connectivity index (χ2n) is 7.09. The van der Waals surface area contributed by atoms with Gasteiger partial charge in [0.05, 0.1) is 17.0 Å². The van der Waals surface area contributed by atoms with Crippen molar-refractivity contribution in [2.24, 2.45) is 0 Å². The normalized spacial score (nSPS) is 23.7. The highest BCUT2D eigenvalue weighted by atomic mass is 32.2. The number of hydrogen-bond donors (Lipinski definition) is 1. The molecular weight excluding hydrogens is 324 g/mol. The summed E-state index contributed by atoms with van der Waals surface area (Å²) in [6.45, 7) is 3.23. The monoisotopic (exact) mass is 352 g/mol. The van der Waals surface area contributed by atoms with Crippen LogP contribution in [-0.4, -0.2) is 42.1 Å². The number of aromatic nitrogens is 2. The van der Waals surface area contributed by atoms with Gasteiger partial charge in [-0.15, -0.1) is 0 Å². The number of rotatable bonds is 5. The fraction of sp³-hybridized carbons (Fsp3) is 0.765. The summed E-state index contributed by atoms with van der Waals surface area (Å²) in [4.78, 5) is 11.2. The van der Waals surface area contributed by atoms with Crippen LogP contribution in [0.3, 0.4) is 0 Å². The lowest BCUT2D eigenvalue weighted by atomic mass is 10.0. The van der Waals surface area contributed by atoms with E-state index in [-0.39, 0.29) is 11.3 Å². The van der Waals surface area contributed by atoms with Crippen LogP contribution < -0.4 is 4.72 Å². The molecule has 1 atom stereocenters. The third-order valence-corrected chi connectivity index (χ3v) is 7.21. The zero-order chi connectivity index (χ0) is 17.2. The largest absolute Gasteiger partial charge is 0.298 e. The lowest BCUT2D eigenvalue weighted by molar-refractivity contribution is 0.309. The first-order valence-corrected chi connectivity index (χ1v) is 10.5. The molecule has 0 bridgehead atoms. The van der Waals surface area contributed by atoms with Gasteiger partial charge in [0.1, 0.15) is 5.82 Å². The molecule has 134 valence electrons. The van der Waals surface area contributed by atoms with Crippen LogP contribution >= 0.6 is 0 Å². The van der Waals surface area contributed by atoms with Crippen molar-refractivity contribution < 1.29 is 8.42 Å². The molecule has 1 saturated carbocycles. The van der Waals surface area contributed by atoms with Crippen molar-refractivity contribution in [2.45, 2.75) is 69.7 Å². The standard InChI is InChI=1S/C17H28N4O2S/c1-13-18-11-14(17(20-13)16-9-6-10-21(16)2)12-19-24(22,23)15-7-4-3-5-8-15/h11,15-16,19H,3-10,12H2,1-2H3/t16-/m1/s1. The smallest absolute Gasteiger partial charge is 0.214 e. The van der Waals surface area contributed by atoms with Gasteiger partial charge in [-0.05, 0) is 46.2 Å². The first-order chi connectivity index (χ1) is 11.5. The van der Waals surface area contributed by atoms with Gasteiger partial charge in [-0.2, -0.15) is 0 Å². The first-order valence-electron chi connectivity index (χ1n) is 8.98. The van der Waals surface area contributed by atoms with E-state index < -0.39 is 10.0 Å². The molecule has 2 fully saturated rings. The van der Waals surface area contributed by atoms with Crippen molar-refractivity contribution in [3.63, 3.8) is 0 Å². The molecule has 7 heteroatoms. The van der Waals surface area contributed by atoms with E-state index in [1.807, 2.05) is 6.92 Å². The van der Waals surface area contributed by atoms with Crippen LogP contribution in [0.2, 0.25) is 0 Å². The summed E-state index contributed by atoms with van der Waals surface area (Å²) >= 11 is 0. The Kier molecular flexibility index (Phi) is 5.52. The van der Waals surface area contributed by atoms with Gasteiger partial charge in [-0.3, -0.25) is 4.90 Å². The second kappa shape index (κ2) is 7.45. The van der Waals surface area contributed by atoms with Crippen LogP contribution in [0, 0.1) is 6.92 Å². The molecule has 0 aromatic carbocycles. The molecule has 1 aromatic rings. The molecule has 2 heterocycles. The zero-order valence-corrected chi connectivity index (χ0v) is 15.5. The van der Waals surface area contributed by atoms with Gasteiger partial charge in [0.2, 0.25) is 10.0 Å². The number of nitrogens with zero attached hydrogens (tertiary/aromatic N) is 3. The molecule has 3 rings (SSSR count). The highest BCUT2D eigenvalue weighted by Crippen LogP contribution is 2.31. The van der Waals surface area contributed by atoms with E-state index in [1.165, 1.54) is 0 Å². The molecular formula is C17H28N4O2S. The molecule has 6 nitrogen and oxygen atoms in total. The van der Waals surface area contributed by atoms with E-state index in [1.54, 1.807) is 6.20 Å². The molecule has 1 N–H and O–H groups in total. The summed E-state index contributed by atoms with van der Waals surface area (Å²) in [5, 5.41) is -0.241. The predicted molar refractivity (Wildman–Crippen MR) is 94.0 cm³/mol. The Morgan fingerprint density at radius 1 is 1.21 bits per heavy atom. The minimum atomic E-state index is -3.26. The van der Waals surface area contributed by atoms with Crippen LogP contribution in [-0.2, 0) is 16.6 Å². The van der Waals surface area contributed by atoms with Crippen molar-refractivity contribution in [2.75, 3.05) is 13.6 Å². The van der Waals surface area contributed by atoms with E-state index in [9.17, 15) is 8.42 Å². The maximum absolute atomic E-state index is 12.6. The summed E-state index contributed by atoms with van der Waals surface area (Å²) in [5.74, 6) is 0.740. The minimum absolute atomic E-state index is 0.241. The molecule has 1 aliphatic heterocycles. The Labute approximate surface area is 145 Å². The summed E-state index contributed by atoms with van der Waals surface area (Å²) in [6.07, 6.45) is 8.72. The number of nitrogens with one attached hydrogen (secondary N) is 1. The lowest BCUT2D eigenvalue weighted by Gasteiger charge is -2.24. The number of hydrogen-bond acceptors (Lipinski definition) is 5. The average molecular weight is 353 g/mol. The molecule has 1 aliphatic carbocycles. The van der Waals surface area contributed by atoms with Gasteiger partial charge in [-0.25, -0.2) is 23.1 Å². The second-order valence-corrected chi connectivity index (χ2v) is 9.14. The molecule has 2 aliphatic rings. The Balaban J connectivity index is 1.75. The van der Waals surface area contributed by atoms with Crippen molar-refractivity contribution >= 4 is 10.0 Å². The summed E-state index contributed by atoms with van der Waals surface area (Å²) in [6, 6.07) is 0.265. The number of sulfonamides is 1. The van der Waals surface area contributed by atoms with Crippen LogP contribution in [0.15, 0.2) is 6.20 Å². The van der Waals surface area contributed by atoms with Crippen LogP contribution in [0.5, 0.6) is 0 Å². The summed E-state index contributed by atoms with van der Waals surface area (Å²) in [7, 11) is -1.16. The third-order valence-electron chi connectivity index (χ3n) is 5.31. The third kappa shape index (κ3) is 3.95. The fourth-order valence-corrected chi connectivity index (χ4v) is 5.41. The topological polar surface area (TPSA) is 75.2 Å². The molecule has 1 aromatic heterocycles. The number of aryl methyl sites for hydroxylation is 1. The Morgan fingerprint density at radius 3 is 2.62 bits per heavy atom. The predicted octanol–water partition coefficient (Wildman–Crippen LogP) is 2.30. The molecule has 0 unspecified atom stereocenters. The lowest BCUT2D eigenvalue weighted by Crippen LogP contribution is -2.35. The van der Waals surface area contributed by atoms with Gasteiger partial charge in [0.15, 0.2) is 0 Å². The van der Waals surface area contributed by atoms with Crippen molar-refractivity contribution in [1.82, 2.24) is 19.6 Å². The average Bonchev–Trinajstić information content (AvgIpc) is 3.00. The molecule has 1 saturated heterocycles. The van der Waals surface area contributed by atoms with E-state index in [2.05, 4.69) is 26.6 Å². The van der Waals surface area contributed by atoms with Gasteiger partial charge in [0.25, 0.3) is 0 Å². The van der Waals surface area contributed by atoms with E-state index in [0.717, 1.165) is 68.6 Å². The number of likely N-dealkylation sites (tertiary alicyclic amines) is 1. The van der Waals surface area contributed by atoms with Crippen molar-refractivity contribution in [3.05, 3.63) is 23.3 Å². The maximum atomic E-state index is 12.6. The van der Waals surface area contributed by atoms with Gasteiger partial charge < -0.3 is 0 Å². The Hall–Kier alpha value is -1.05. The molecule has 0 radical (unpaired) electrons. The van der Waals surface area contributed by atoms with Gasteiger partial charge >= 0.3 is 0 Å². The SMILES string of the molecule is Cc1ncc(CNS(=O)(=O)C2CCCCC2)c([C@H]2CCCN2C)n1. The van der Waals surface area contributed by atoms with Crippen molar-refractivity contribution in [1.29, 1.82) is 0 Å². The van der Waals surface area contributed by atoms with Gasteiger partial charge in [0, 0.05) is 18.3 Å². The van der Waals surface area contributed by atoms with Crippen LogP contribution in [0.1, 0.15) is 68.1 Å².